The minimum atomic E-state index is -0.557. The SMILES string of the molecule is COC1=CC(=C(O)Cc2ccccc2)C(=[N+]([O-])[O-])C=C1OC. The fourth-order valence-corrected chi connectivity index (χ4v) is 2.13. The van der Waals surface area contributed by atoms with Crippen molar-refractivity contribution in [2.75, 3.05) is 14.2 Å². The van der Waals surface area contributed by atoms with Crippen molar-refractivity contribution in [3.63, 3.8) is 0 Å². The Kier molecular flexibility index (Phi) is 4.73. The van der Waals surface area contributed by atoms with E-state index in [1.165, 1.54) is 26.4 Å². The lowest BCUT2D eigenvalue weighted by Crippen LogP contribution is -2.18. The number of nitrogens with zero attached hydrogens (tertiary/aromatic N) is 1. The highest BCUT2D eigenvalue weighted by molar-refractivity contribution is 6.09. The fourth-order valence-electron chi connectivity index (χ4n) is 2.13. The molecule has 0 aliphatic heterocycles. The summed E-state index contributed by atoms with van der Waals surface area (Å²) in [7, 11) is 2.83. The van der Waals surface area contributed by atoms with Gasteiger partial charge in [0, 0.05) is 12.5 Å². The highest BCUT2D eigenvalue weighted by atomic mass is 16.8. The summed E-state index contributed by atoms with van der Waals surface area (Å²) in [5.41, 5.74) is 0.738. The smallest absolute Gasteiger partial charge is 0.237 e. The van der Waals surface area contributed by atoms with Gasteiger partial charge in [-0.05, 0) is 5.56 Å². The summed E-state index contributed by atoms with van der Waals surface area (Å²) in [6, 6.07) is 9.21. The molecule has 0 atom stereocenters. The van der Waals surface area contributed by atoms with Crippen LogP contribution in [0.3, 0.4) is 0 Å². The van der Waals surface area contributed by atoms with Crippen LogP contribution in [0, 0.1) is 10.4 Å². The number of rotatable bonds is 4. The molecule has 1 N–H and O–H groups in total. The van der Waals surface area contributed by atoms with Gasteiger partial charge >= 0.3 is 0 Å². The van der Waals surface area contributed by atoms with Crippen molar-refractivity contribution in [2.24, 2.45) is 0 Å². The van der Waals surface area contributed by atoms with Gasteiger partial charge in [-0.25, -0.2) is 0 Å². The van der Waals surface area contributed by atoms with E-state index in [4.69, 9.17) is 9.47 Å². The van der Waals surface area contributed by atoms with Gasteiger partial charge in [-0.2, -0.15) is 4.90 Å². The Morgan fingerprint density at radius 3 is 2.18 bits per heavy atom. The maximum Gasteiger partial charge on any atom is 0.237 e. The van der Waals surface area contributed by atoms with E-state index in [1.807, 2.05) is 30.3 Å². The van der Waals surface area contributed by atoms with Gasteiger partial charge in [0.05, 0.1) is 25.9 Å². The monoisotopic (exact) mass is 302 g/mol. The van der Waals surface area contributed by atoms with Crippen LogP contribution in [0.1, 0.15) is 5.56 Å². The molecule has 0 amide bonds. The van der Waals surface area contributed by atoms with Crippen LogP contribution in [-0.4, -0.2) is 29.9 Å². The number of hydrogen-bond donors (Lipinski definition) is 1. The second kappa shape index (κ2) is 6.71. The first kappa shape index (κ1) is 15.5. The lowest BCUT2D eigenvalue weighted by molar-refractivity contribution is -0.377. The lowest BCUT2D eigenvalue weighted by atomic mass is 9.98. The third-order valence-corrected chi connectivity index (χ3v) is 3.22. The van der Waals surface area contributed by atoms with Gasteiger partial charge in [0.2, 0.25) is 5.71 Å². The molecule has 1 aromatic carbocycles. The normalized spacial score (nSPS) is 16.5. The topological polar surface area (TPSA) is 87.8 Å². The molecule has 2 rings (SSSR count). The Bertz CT molecular complexity index is 667. The molecule has 0 saturated carbocycles. The van der Waals surface area contributed by atoms with Crippen LogP contribution in [0.15, 0.2) is 65.3 Å². The lowest BCUT2D eigenvalue weighted by Gasteiger charge is -2.18. The number of aliphatic hydroxyl groups is 1. The van der Waals surface area contributed by atoms with Gasteiger partial charge < -0.3 is 25.0 Å². The zero-order valence-electron chi connectivity index (χ0n) is 12.3. The number of methoxy groups -OCH3 is 2. The number of allylic oxidation sites excluding steroid dienone is 4. The molecule has 0 fully saturated rings. The first-order valence-electron chi connectivity index (χ1n) is 6.56. The summed E-state index contributed by atoms with van der Waals surface area (Å²) in [6.07, 6.45) is 2.85. The predicted octanol–water partition coefficient (Wildman–Crippen LogP) is 2.56. The average molecular weight is 302 g/mol. The molecule has 0 saturated heterocycles. The van der Waals surface area contributed by atoms with Crippen LogP contribution >= 0.6 is 0 Å². The van der Waals surface area contributed by atoms with E-state index < -0.39 is 4.90 Å². The molecule has 6 heteroatoms. The fraction of sp³-hybridized carbons (Fsp3) is 0.188. The van der Waals surface area contributed by atoms with Gasteiger partial charge in [-0.1, -0.05) is 30.3 Å². The maximum atomic E-state index is 11.2. The Morgan fingerprint density at radius 2 is 1.64 bits per heavy atom. The van der Waals surface area contributed by atoms with Crippen LogP contribution in [0.4, 0.5) is 0 Å². The van der Waals surface area contributed by atoms with E-state index in [9.17, 15) is 15.5 Å². The van der Waals surface area contributed by atoms with E-state index in [1.54, 1.807) is 0 Å². The van der Waals surface area contributed by atoms with Crippen LogP contribution in [0.5, 0.6) is 0 Å². The minimum Gasteiger partial charge on any atom is -0.612 e. The van der Waals surface area contributed by atoms with Crippen molar-refractivity contribution in [2.45, 2.75) is 6.42 Å². The minimum absolute atomic E-state index is 0.0983. The molecule has 0 heterocycles. The zero-order valence-corrected chi connectivity index (χ0v) is 12.3. The van der Waals surface area contributed by atoms with E-state index in [2.05, 4.69) is 0 Å². The summed E-state index contributed by atoms with van der Waals surface area (Å²) < 4.78 is 10.2. The highest BCUT2D eigenvalue weighted by Crippen LogP contribution is 2.24. The first-order valence-corrected chi connectivity index (χ1v) is 6.56. The second-order valence-electron chi connectivity index (χ2n) is 4.59. The van der Waals surface area contributed by atoms with Crippen molar-refractivity contribution in [3.8, 4) is 0 Å². The summed E-state index contributed by atoms with van der Waals surface area (Å²) >= 11 is 0. The van der Waals surface area contributed by atoms with E-state index in [0.717, 1.165) is 5.56 Å². The Balaban J connectivity index is 2.46. The van der Waals surface area contributed by atoms with Crippen molar-refractivity contribution in [3.05, 3.63) is 81.3 Å². The quantitative estimate of drug-likeness (QED) is 0.524. The Labute approximate surface area is 128 Å². The number of hydrogen-bond acceptors (Lipinski definition) is 5. The average Bonchev–Trinajstić information content (AvgIpc) is 2.54. The first-order chi connectivity index (χ1) is 10.6. The Hall–Kier alpha value is -2.89. The van der Waals surface area contributed by atoms with E-state index in [0.29, 0.717) is 5.76 Å². The number of benzene rings is 1. The van der Waals surface area contributed by atoms with Gasteiger partial charge in [0.1, 0.15) is 5.76 Å². The third kappa shape index (κ3) is 3.22. The zero-order chi connectivity index (χ0) is 16.1. The molecule has 6 nitrogen and oxygen atoms in total. The summed E-state index contributed by atoms with van der Waals surface area (Å²) in [5.74, 6) is 0.465. The molecule has 1 aliphatic rings. The highest BCUT2D eigenvalue weighted by Gasteiger charge is 2.25. The van der Waals surface area contributed by atoms with Crippen molar-refractivity contribution < 1.29 is 19.5 Å². The summed E-state index contributed by atoms with van der Waals surface area (Å²) in [6.45, 7) is 0. The van der Waals surface area contributed by atoms with Crippen molar-refractivity contribution in [1.82, 2.24) is 0 Å². The molecular weight excluding hydrogens is 286 g/mol. The molecule has 0 spiro atoms. The van der Waals surface area contributed by atoms with Gasteiger partial charge in [0.25, 0.3) is 0 Å². The molecule has 0 bridgehead atoms. The summed E-state index contributed by atoms with van der Waals surface area (Å²) in [4.78, 5) is -0.557. The van der Waals surface area contributed by atoms with Crippen LogP contribution < -0.4 is 0 Å². The van der Waals surface area contributed by atoms with Crippen LogP contribution in [0.25, 0.3) is 0 Å². The molecule has 0 radical (unpaired) electrons. The summed E-state index contributed by atoms with van der Waals surface area (Å²) in [5, 5.41) is 32.8. The maximum absolute atomic E-state index is 11.2. The number of aliphatic hydroxyl groups excluding tert-OH is 1. The van der Waals surface area contributed by atoms with Crippen molar-refractivity contribution in [1.29, 1.82) is 0 Å². The Morgan fingerprint density at radius 1 is 1.05 bits per heavy atom. The van der Waals surface area contributed by atoms with Gasteiger partial charge in [-0.15, -0.1) is 0 Å². The second-order valence-corrected chi connectivity index (χ2v) is 4.59. The van der Waals surface area contributed by atoms with Crippen LogP contribution in [0.2, 0.25) is 0 Å². The van der Waals surface area contributed by atoms with Crippen molar-refractivity contribution >= 4 is 5.71 Å². The van der Waals surface area contributed by atoms with Gasteiger partial charge in [0.15, 0.2) is 11.5 Å². The van der Waals surface area contributed by atoms with E-state index >= 15 is 0 Å². The number of ether oxygens (including phenoxy) is 2. The molecular formula is C16H16NO5-. The van der Waals surface area contributed by atoms with E-state index in [-0.39, 0.29) is 29.2 Å². The molecule has 0 aromatic heterocycles. The molecule has 0 unspecified atom stereocenters. The standard InChI is InChI=1S/C16H16NO5/c1-21-15-9-12(13(17(19)20)10-16(15)22-2)14(18)8-11-6-4-3-5-7-11/h3-7,9-10H,8H2,1-2H3,(H-,18,19,20)/q-1. The van der Waals surface area contributed by atoms with Gasteiger partial charge in [-0.3, -0.25) is 0 Å². The molecule has 22 heavy (non-hydrogen) atoms. The van der Waals surface area contributed by atoms with Crippen LogP contribution in [-0.2, 0) is 15.9 Å². The predicted molar refractivity (Wildman–Crippen MR) is 82.0 cm³/mol. The molecule has 116 valence electrons. The molecule has 1 aromatic rings. The third-order valence-electron chi connectivity index (χ3n) is 3.22. The molecule has 1 aliphatic carbocycles. The largest absolute Gasteiger partial charge is 0.612 e.